The van der Waals surface area contributed by atoms with E-state index in [1.54, 1.807) is 32.2 Å². The summed E-state index contributed by atoms with van der Waals surface area (Å²) in [5.41, 5.74) is 0.581. The van der Waals surface area contributed by atoms with Crippen LogP contribution in [0.2, 0.25) is 0 Å². The van der Waals surface area contributed by atoms with E-state index in [9.17, 15) is 8.78 Å². The van der Waals surface area contributed by atoms with Crippen LogP contribution in [0.25, 0.3) is 0 Å². The maximum atomic E-state index is 12.8. The number of aliphatic imine (C=N–C) groups is 1. The van der Waals surface area contributed by atoms with Crippen molar-refractivity contribution in [1.29, 1.82) is 0 Å². The molecule has 0 spiro atoms. The maximum absolute atomic E-state index is 12.8. The monoisotopic (exact) mass is 512 g/mol. The number of para-hydroxylation sites is 1. The van der Waals surface area contributed by atoms with Crippen LogP contribution in [-0.2, 0) is 6.54 Å². The van der Waals surface area contributed by atoms with Gasteiger partial charge >= 0.3 is 6.61 Å². The van der Waals surface area contributed by atoms with Crippen molar-refractivity contribution in [3.63, 3.8) is 0 Å². The molecule has 0 atom stereocenters. The highest BCUT2D eigenvalue weighted by molar-refractivity contribution is 14.0. The molecule has 0 aliphatic heterocycles. The topological polar surface area (TPSA) is 58.1 Å². The van der Waals surface area contributed by atoms with Crippen LogP contribution in [0.15, 0.2) is 23.2 Å². The number of likely N-dealkylation sites (N-methyl/N-ethyl adjacent to an activating group) is 1. The van der Waals surface area contributed by atoms with E-state index in [2.05, 4.69) is 27.4 Å². The van der Waals surface area contributed by atoms with Gasteiger partial charge in [0.15, 0.2) is 17.5 Å². The molecular weight excluding hydrogens is 481 g/mol. The number of hydrogen-bond donors (Lipinski definition) is 2. The Morgan fingerprint density at radius 3 is 2.61 bits per heavy atom. The number of alkyl halides is 2. The average molecular weight is 512 g/mol. The molecule has 0 bridgehead atoms. The molecule has 1 aliphatic rings. The minimum absolute atomic E-state index is 0. The summed E-state index contributed by atoms with van der Waals surface area (Å²) in [6, 6.07) is 5.83. The number of hydrogen-bond acceptors (Lipinski definition) is 4. The molecule has 0 unspecified atom stereocenters. The number of nitrogens with zero attached hydrogens (tertiary/aromatic N) is 2. The molecular formula is C19H31F2IN4O2. The highest BCUT2D eigenvalue weighted by Gasteiger charge is 2.27. The molecule has 9 heteroatoms. The normalized spacial score (nSPS) is 14.0. The Kier molecular flexibility index (Phi) is 11.4. The predicted octanol–water partition coefficient (Wildman–Crippen LogP) is 3.45. The fraction of sp³-hybridized carbons (Fsp3) is 0.632. The molecule has 1 aromatic rings. The lowest BCUT2D eigenvalue weighted by Crippen LogP contribution is -2.41. The molecule has 1 fully saturated rings. The highest BCUT2D eigenvalue weighted by Crippen LogP contribution is 2.32. The maximum Gasteiger partial charge on any atom is 0.387 e. The Morgan fingerprint density at radius 2 is 2.04 bits per heavy atom. The minimum atomic E-state index is -2.91. The number of rotatable bonds is 11. The van der Waals surface area contributed by atoms with Crippen molar-refractivity contribution < 1.29 is 18.3 Å². The van der Waals surface area contributed by atoms with Crippen molar-refractivity contribution in [2.75, 3.05) is 33.3 Å². The zero-order valence-electron chi connectivity index (χ0n) is 16.7. The van der Waals surface area contributed by atoms with E-state index in [4.69, 9.17) is 9.47 Å². The Hall–Kier alpha value is -1.36. The Labute approximate surface area is 183 Å². The molecule has 0 amide bonds. The lowest BCUT2D eigenvalue weighted by Gasteiger charge is -2.21. The number of nitrogens with one attached hydrogen (secondary N) is 2. The number of ether oxygens (including phenoxy) is 2. The average Bonchev–Trinajstić information content (AvgIpc) is 3.48. The molecule has 2 N–H and O–H groups in total. The van der Waals surface area contributed by atoms with Crippen molar-refractivity contribution in [3.8, 4) is 11.5 Å². The Balaban J connectivity index is 0.00000392. The summed E-state index contributed by atoms with van der Waals surface area (Å²) in [4.78, 5) is 6.64. The first-order valence-corrected chi connectivity index (χ1v) is 9.47. The summed E-state index contributed by atoms with van der Waals surface area (Å²) >= 11 is 0. The molecule has 160 valence electrons. The smallest absolute Gasteiger partial charge is 0.387 e. The molecule has 1 saturated carbocycles. The molecule has 2 rings (SSSR count). The zero-order valence-corrected chi connectivity index (χ0v) is 19.0. The largest absolute Gasteiger partial charge is 0.490 e. The fourth-order valence-electron chi connectivity index (χ4n) is 2.95. The van der Waals surface area contributed by atoms with Gasteiger partial charge in [0, 0.05) is 38.3 Å². The molecule has 0 radical (unpaired) electrons. The first-order chi connectivity index (χ1) is 13.1. The first kappa shape index (κ1) is 24.7. The SMILES string of the molecule is CCOc1cccc(CNC(=NC)NCCN(CC)C2CC2)c1OC(F)F.I. The van der Waals surface area contributed by atoms with Crippen LogP contribution in [0.5, 0.6) is 11.5 Å². The summed E-state index contributed by atoms with van der Waals surface area (Å²) in [5.74, 6) is 0.984. The molecule has 0 heterocycles. The quantitative estimate of drug-likeness (QED) is 0.270. The Morgan fingerprint density at radius 1 is 1.29 bits per heavy atom. The van der Waals surface area contributed by atoms with Crippen molar-refractivity contribution >= 4 is 29.9 Å². The van der Waals surface area contributed by atoms with Crippen molar-refractivity contribution in [1.82, 2.24) is 15.5 Å². The standard InChI is InChI=1S/C19H30F2N4O2.HI/c1-4-25(15-9-10-15)12-11-23-19(22-3)24-13-14-7-6-8-16(26-5-2)17(14)27-18(20)21;/h6-8,15,18H,4-5,9-13H2,1-3H3,(H2,22,23,24);1H. The van der Waals surface area contributed by atoms with E-state index in [-0.39, 0.29) is 29.7 Å². The van der Waals surface area contributed by atoms with Crippen LogP contribution in [0.1, 0.15) is 32.3 Å². The third-order valence-corrected chi connectivity index (χ3v) is 4.40. The molecule has 0 saturated heterocycles. The minimum Gasteiger partial charge on any atom is -0.490 e. The second kappa shape index (κ2) is 13.0. The third kappa shape index (κ3) is 7.94. The Bertz CT molecular complexity index is 616. The third-order valence-electron chi connectivity index (χ3n) is 4.40. The van der Waals surface area contributed by atoms with Gasteiger partial charge < -0.3 is 20.1 Å². The molecule has 1 aromatic carbocycles. The number of halogens is 3. The van der Waals surface area contributed by atoms with Gasteiger partial charge in [-0.2, -0.15) is 8.78 Å². The number of guanidine groups is 1. The van der Waals surface area contributed by atoms with Crippen LogP contribution >= 0.6 is 24.0 Å². The molecule has 1 aliphatic carbocycles. The van der Waals surface area contributed by atoms with E-state index >= 15 is 0 Å². The van der Waals surface area contributed by atoms with Gasteiger partial charge in [-0.15, -0.1) is 24.0 Å². The van der Waals surface area contributed by atoms with Gasteiger partial charge in [-0.05, 0) is 32.4 Å². The summed E-state index contributed by atoms with van der Waals surface area (Å²) in [7, 11) is 1.68. The van der Waals surface area contributed by atoms with Gasteiger partial charge in [0.25, 0.3) is 0 Å². The first-order valence-electron chi connectivity index (χ1n) is 9.47. The fourth-order valence-corrected chi connectivity index (χ4v) is 2.95. The molecule has 6 nitrogen and oxygen atoms in total. The van der Waals surface area contributed by atoms with Crippen LogP contribution in [-0.4, -0.2) is 56.8 Å². The molecule has 0 aromatic heterocycles. The van der Waals surface area contributed by atoms with E-state index in [0.29, 0.717) is 30.4 Å². The zero-order chi connectivity index (χ0) is 19.6. The van der Waals surface area contributed by atoms with Gasteiger partial charge in [0.1, 0.15) is 0 Å². The summed E-state index contributed by atoms with van der Waals surface area (Å²) in [6.07, 6.45) is 2.56. The van der Waals surface area contributed by atoms with Gasteiger partial charge in [0.2, 0.25) is 0 Å². The van der Waals surface area contributed by atoms with Crippen LogP contribution < -0.4 is 20.1 Å². The van der Waals surface area contributed by atoms with E-state index < -0.39 is 6.61 Å². The van der Waals surface area contributed by atoms with Crippen molar-refractivity contribution in [2.45, 2.75) is 45.9 Å². The van der Waals surface area contributed by atoms with E-state index in [1.807, 2.05) is 0 Å². The summed E-state index contributed by atoms with van der Waals surface area (Å²) < 4.78 is 35.7. The second-order valence-corrected chi connectivity index (χ2v) is 6.27. The van der Waals surface area contributed by atoms with Gasteiger partial charge in [-0.3, -0.25) is 9.89 Å². The van der Waals surface area contributed by atoms with Crippen molar-refractivity contribution in [3.05, 3.63) is 23.8 Å². The number of benzene rings is 1. The van der Waals surface area contributed by atoms with Gasteiger partial charge in [-0.1, -0.05) is 19.1 Å². The summed E-state index contributed by atoms with van der Waals surface area (Å²) in [5, 5.41) is 6.41. The van der Waals surface area contributed by atoms with Gasteiger partial charge in [-0.25, -0.2) is 0 Å². The second-order valence-electron chi connectivity index (χ2n) is 6.27. The van der Waals surface area contributed by atoms with Crippen LogP contribution in [0.4, 0.5) is 8.78 Å². The lowest BCUT2D eigenvalue weighted by molar-refractivity contribution is -0.0520. The van der Waals surface area contributed by atoms with E-state index in [0.717, 1.165) is 25.7 Å². The highest BCUT2D eigenvalue weighted by atomic mass is 127. The van der Waals surface area contributed by atoms with Crippen molar-refractivity contribution in [2.24, 2.45) is 4.99 Å². The van der Waals surface area contributed by atoms with Crippen LogP contribution in [0.3, 0.4) is 0 Å². The van der Waals surface area contributed by atoms with Gasteiger partial charge in [0.05, 0.1) is 6.61 Å². The predicted molar refractivity (Wildman–Crippen MR) is 118 cm³/mol. The van der Waals surface area contributed by atoms with Crippen LogP contribution in [0, 0.1) is 0 Å². The van der Waals surface area contributed by atoms with E-state index in [1.165, 1.54) is 12.8 Å². The summed E-state index contributed by atoms with van der Waals surface area (Å²) in [6.45, 7) is 4.47. The lowest BCUT2D eigenvalue weighted by atomic mass is 10.2. The molecule has 28 heavy (non-hydrogen) atoms.